The Balaban J connectivity index is 1.38. The molecule has 0 atom stereocenters. The summed E-state index contributed by atoms with van der Waals surface area (Å²) in [5.41, 5.74) is 2.13. The maximum Gasteiger partial charge on any atom is 0.256 e. The van der Waals surface area contributed by atoms with Gasteiger partial charge in [0, 0.05) is 33.9 Å². The number of hydrogen-bond donors (Lipinski definition) is 3. The zero-order valence-corrected chi connectivity index (χ0v) is 19.5. The first kappa shape index (κ1) is 23.4. The molecule has 3 N–H and O–H groups in total. The minimum Gasteiger partial charge on any atom is -0.497 e. The fourth-order valence-electron chi connectivity index (χ4n) is 3.25. The molecule has 3 aromatic rings. The second-order valence-corrected chi connectivity index (χ2v) is 8.86. The number of ether oxygens (including phenoxy) is 1. The predicted octanol–water partition coefficient (Wildman–Crippen LogP) is 4.57. The Hall–Kier alpha value is -3.78. The highest BCUT2D eigenvalue weighted by Gasteiger charge is 2.24. The van der Waals surface area contributed by atoms with E-state index >= 15 is 0 Å². The summed E-state index contributed by atoms with van der Waals surface area (Å²) >= 11 is 1.28. The van der Waals surface area contributed by atoms with E-state index in [1.807, 2.05) is 6.07 Å². The van der Waals surface area contributed by atoms with Crippen molar-refractivity contribution >= 4 is 40.9 Å². The van der Waals surface area contributed by atoms with Gasteiger partial charge in [0.2, 0.25) is 5.91 Å². The summed E-state index contributed by atoms with van der Waals surface area (Å²) in [6.07, 6.45) is 2.02. The standard InChI is InChI=1S/C26H25N3O4S/c1-33-21-9-5-8-20(15-21)27-24(30)16-34-23-11-3-2-10-22(23)26(32)29-19-7-4-6-17(14-19)25(31)28-18-12-13-18/h2-11,14-15,18H,12-13,16H2,1H3,(H,27,30)(H,28,31)(H,29,32). The first-order valence-electron chi connectivity index (χ1n) is 10.9. The average molecular weight is 476 g/mol. The maximum atomic E-state index is 13.0. The van der Waals surface area contributed by atoms with E-state index in [0.29, 0.717) is 33.1 Å². The number of amides is 3. The van der Waals surface area contributed by atoms with Crippen LogP contribution in [0.15, 0.2) is 77.7 Å². The van der Waals surface area contributed by atoms with Gasteiger partial charge in [0.25, 0.3) is 11.8 Å². The van der Waals surface area contributed by atoms with Crippen LogP contribution in [0.2, 0.25) is 0 Å². The van der Waals surface area contributed by atoms with E-state index in [4.69, 9.17) is 4.74 Å². The summed E-state index contributed by atoms with van der Waals surface area (Å²) in [5.74, 6) is 0.148. The number of thioether (sulfide) groups is 1. The van der Waals surface area contributed by atoms with Crippen LogP contribution in [0.25, 0.3) is 0 Å². The molecule has 0 spiro atoms. The van der Waals surface area contributed by atoms with E-state index in [0.717, 1.165) is 12.8 Å². The van der Waals surface area contributed by atoms with Crippen molar-refractivity contribution in [1.82, 2.24) is 5.32 Å². The first-order valence-corrected chi connectivity index (χ1v) is 11.9. The predicted molar refractivity (Wildman–Crippen MR) is 134 cm³/mol. The Kier molecular flexibility index (Phi) is 7.49. The van der Waals surface area contributed by atoms with Crippen LogP contribution >= 0.6 is 11.8 Å². The van der Waals surface area contributed by atoms with Gasteiger partial charge < -0.3 is 20.7 Å². The number of hydrogen-bond acceptors (Lipinski definition) is 5. The molecule has 4 rings (SSSR count). The molecule has 0 saturated heterocycles. The lowest BCUT2D eigenvalue weighted by Crippen LogP contribution is -2.25. The molecule has 0 bridgehead atoms. The second-order valence-electron chi connectivity index (χ2n) is 7.85. The summed E-state index contributed by atoms with van der Waals surface area (Å²) in [7, 11) is 1.57. The van der Waals surface area contributed by atoms with Crippen molar-refractivity contribution in [2.24, 2.45) is 0 Å². The highest BCUT2D eigenvalue weighted by Crippen LogP contribution is 2.25. The molecule has 0 unspecified atom stereocenters. The van der Waals surface area contributed by atoms with Crippen LogP contribution in [-0.2, 0) is 4.79 Å². The molecule has 1 fully saturated rings. The Morgan fingerprint density at radius 3 is 2.38 bits per heavy atom. The van der Waals surface area contributed by atoms with Gasteiger partial charge >= 0.3 is 0 Å². The van der Waals surface area contributed by atoms with Gasteiger partial charge in [-0.2, -0.15) is 0 Å². The van der Waals surface area contributed by atoms with Crippen LogP contribution in [0, 0.1) is 0 Å². The molecule has 3 amide bonds. The third-order valence-corrected chi connectivity index (χ3v) is 6.21. The summed E-state index contributed by atoms with van der Waals surface area (Å²) in [5, 5.41) is 8.63. The van der Waals surface area contributed by atoms with Gasteiger partial charge in [-0.05, 0) is 55.3 Å². The van der Waals surface area contributed by atoms with Crippen LogP contribution in [0.1, 0.15) is 33.6 Å². The van der Waals surface area contributed by atoms with Crippen LogP contribution in [-0.4, -0.2) is 36.6 Å². The third kappa shape index (κ3) is 6.39. The maximum absolute atomic E-state index is 13.0. The number of methoxy groups -OCH3 is 1. The molecule has 0 aliphatic heterocycles. The number of benzene rings is 3. The first-order chi connectivity index (χ1) is 16.5. The zero-order valence-electron chi connectivity index (χ0n) is 18.7. The van der Waals surface area contributed by atoms with Gasteiger partial charge in [0.1, 0.15) is 5.75 Å². The molecule has 0 heterocycles. The summed E-state index contributed by atoms with van der Waals surface area (Å²) < 4.78 is 5.17. The number of nitrogens with one attached hydrogen (secondary N) is 3. The van der Waals surface area contributed by atoms with Gasteiger partial charge in [-0.3, -0.25) is 14.4 Å². The Morgan fingerprint density at radius 1 is 0.882 bits per heavy atom. The van der Waals surface area contributed by atoms with Crippen LogP contribution < -0.4 is 20.7 Å². The highest BCUT2D eigenvalue weighted by molar-refractivity contribution is 8.00. The molecular formula is C26H25N3O4S. The molecule has 1 saturated carbocycles. The lowest BCUT2D eigenvalue weighted by Gasteiger charge is -2.11. The number of anilines is 2. The van der Waals surface area contributed by atoms with Crippen molar-refractivity contribution in [1.29, 1.82) is 0 Å². The molecule has 3 aromatic carbocycles. The van der Waals surface area contributed by atoms with Crippen LogP contribution in [0.5, 0.6) is 5.75 Å². The lowest BCUT2D eigenvalue weighted by atomic mass is 10.1. The highest BCUT2D eigenvalue weighted by atomic mass is 32.2. The molecule has 0 aromatic heterocycles. The van der Waals surface area contributed by atoms with E-state index in [1.165, 1.54) is 11.8 Å². The van der Waals surface area contributed by atoms with Gasteiger partial charge in [-0.15, -0.1) is 11.8 Å². The van der Waals surface area contributed by atoms with Crippen LogP contribution in [0.4, 0.5) is 11.4 Å². The molecule has 0 radical (unpaired) electrons. The van der Waals surface area contributed by atoms with Crippen molar-refractivity contribution in [3.8, 4) is 5.75 Å². The number of rotatable bonds is 9. The summed E-state index contributed by atoms with van der Waals surface area (Å²) in [6.45, 7) is 0. The Bertz CT molecular complexity index is 1210. The molecular weight excluding hydrogens is 450 g/mol. The van der Waals surface area contributed by atoms with E-state index < -0.39 is 0 Å². The van der Waals surface area contributed by atoms with E-state index in [-0.39, 0.29) is 29.5 Å². The Morgan fingerprint density at radius 2 is 1.62 bits per heavy atom. The minimum atomic E-state index is -0.309. The van der Waals surface area contributed by atoms with E-state index in [9.17, 15) is 14.4 Å². The molecule has 34 heavy (non-hydrogen) atoms. The third-order valence-electron chi connectivity index (χ3n) is 5.14. The average Bonchev–Trinajstić information content (AvgIpc) is 3.67. The molecule has 8 heteroatoms. The van der Waals surface area contributed by atoms with Gasteiger partial charge in [0.15, 0.2) is 0 Å². The van der Waals surface area contributed by atoms with Gasteiger partial charge in [-0.1, -0.05) is 24.3 Å². The summed E-state index contributed by atoms with van der Waals surface area (Å²) in [6, 6.07) is 21.3. The molecule has 1 aliphatic rings. The van der Waals surface area contributed by atoms with Crippen LogP contribution in [0.3, 0.4) is 0 Å². The lowest BCUT2D eigenvalue weighted by molar-refractivity contribution is -0.113. The minimum absolute atomic E-state index is 0.137. The quantitative estimate of drug-likeness (QED) is 0.394. The topological polar surface area (TPSA) is 96.5 Å². The van der Waals surface area contributed by atoms with Crippen molar-refractivity contribution in [3.05, 3.63) is 83.9 Å². The van der Waals surface area contributed by atoms with E-state index in [2.05, 4.69) is 16.0 Å². The number of carbonyl (C=O) groups excluding carboxylic acids is 3. The van der Waals surface area contributed by atoms with Gasteiger partial charge in [-0.25, -0.2) is 0 Å². The second kappa shape index (κ2) is 10.9. The normalized spacial score (nSPS) is 12.5. The van der Waals surface area contributed by atoms with Crippen molar-refractivity contribution in [2.75, 3.05) is 23.5 Å². The molecule has 1 aliphatic carbocycles. The smallest absolute Gasteiger partial charge is 0.256 e. The summed E-state index contributed by atoms with van der Waals surface area (Å²) in [4.78, 5) is 38.4. The fraction of sp³-hybridized carbons (Fsp3) is 0.192. The van der Waals surface area contributed by atoms with Crippen molar-refractivity contribution in [3.63, 3.8) is 0 Å². The van der Waals surface area contributed by atoms with Crippen molar-refractivity contribution in [2.45, 2.75) is 23.8 Å². The monoisotopic (exact) mass is 475 g/mol. The molecule has 7 nitrogen and oxygen atoms in total. The SMILES string of the molecule is COc1cccc(NC(=O)CSc2ccccc2C(=O)Nc2cccc(C(=O)NC3CC3)c2)c1. The molecule has 174 valence electrons. The largest absolute Gasteiger partial charge is 0.497 e. The van der Waals surface area contributed by atoms with Crippen molar-refractivity contribution < 1.29 is 19.1 Å². The fourth-order valence-corrected chi connectivity index (χ4v) is 4.10. The Labute approximate surface area is 202 Å². The van der Waals surface area contributed by atoms with E-state index in [1.54, 1.807) is 73.8 Å². The van der Waals surface area contributed by atoms with Gasteiger partial charge in [0.05, 0.1) is 18.4 Å². The number of carbonyl (C=O) groups is 3. The zero-order chi connectivity index (χ0) is 23.9.